The molecule has 1 heterocycles. The molecule has 1 aromatic carbocycles. The fourth-order valence-corrected chi connectivity index (χ4v) is 3.24. The Hall–Kier alpha value is -3.00. The van der Waals surface area contributed by atoms with Crippen LogP contribution in [0.4, 0.5) is 8.78 Å². The molecule has 0 saturated heterocycles. The highest BCUT2D eigenvalue weighted by atomic mass is 19.3. The van der Waals surface area contributed by atoms with Crippen molar-refractivity contribution >= 4 is 17.8 Å². The number of hydrogen-bond acceptors (Lipinski definition) is 5. The Morgan fingerprint density at radius 2 is 1.83 bits per heavy atom. The van der Waals surface area contributed by atoms with Crippen LogP contribution in [0.5, 0.6) is 5.75 Å². The number of hydrogen-bond donors (Lipinski definition) is 0. The molecule has 0 aliphatic carbocycles. The van der Waals surface area contributed by atoms with Gasteiger partial charge in [0.05, 0.1) is 12.6 Å². The number of rotatable bonds is 10. The Morgan fingerprint density at radius 1 is 1.17 bits per heavy atom. The number of carbonyl (C=O) groups is 2. The number of alkyl halides is 2. The summed E-state index contributed by atoms with van der Waals surface area (Å²) in [6.07, 6.45) is 2.62. The summed E-state index contributed by atoms with van der Waals surface area (Å²) in [5, 5.41) is 0. The summed E-state index contributed by atoms with van der Waals surface area (Å²) >= 11 is 0. The van der Waals surface area contributed by atoms with Gasteiger partial charge in [-0.1, -0.05) is 12.1 Å². The molecule has 30 heavy (non-hydrogen) atoms. The second kappa shape index (κ2) is 10.7. The summed E-state index contributed by atoms with van der Waals surface area (Å²) in [6, 6.07) is 7.60. The molecular formula is C22H25F2NO5. The van der Waals surface area contributed by atoms with Gasteiger partial charge in [-0.2, -0.15) is 8.78 Å². The third kappa shape index (κ3) is 6.25. The van der Waals surface area contributed by atoms with Crippen LogP contribution in [0.15, 0.2) is 36.4 Å². The van der Waals surface area contributed by atoms with E-state index in [1.54, 1.807) is 13.2 Å². The van der Waals surface area contributed by atoms with Crippen LogP contribution in [-0.4, -0.2) is 43.3 Å². The minimum atomic E-state index is -2.90. The van der Waals surface area contributed by atoms with Gasteiger partial charge in [-0.05, 0) is 50.6 Å². The number of ketones is 1. The Kier molecular flexibility index (Phi) is 8.29. The van der Waals surface area contributed by atoms with Gasteiger partial charge in [-0.25, -0.2) is 4.79 Å². The molecule has 8 heteroatoms. The van der Waals surface area contributed by atoms with Crippen molar-refractivity contribution in [2.75, 3.05) is 20.3 Å². The van der Waals surface area contributed by atoms with E-state index in [0.29, 0.717) is 17.7 Å². The molecule has 0 aliphatic heterocycles. The van der Waals surface area contributed by atoms with Crippen molar-refractivity contribution in [3.63, 3.8) is 0 Å². The van der Waals surface area contributed by atoms with Crippen LogP contribution in [0.3, 0.4) is 0 Å². The third-order valence-electron chi connectivity index (χ3n) is 4.50. The van der Waals surface area contributed by atoms with Crippen molar-refractivity contribution < 1.29 is 32.6 Å². The number of methoxy groups -OCH3 is 1. The number of aromatic nitrogens is 1. The standard InChI is InChI=1S/C22H25F2NO5/c1-14-11-19(16(3)25(14)15(2)12-28-4)20(26)13-29-21(27)10-7-17-5-8-18(9-6-17)30-22(23)24/h5-11,15,22H,12-13H2,1-4H3/b10-7+/t15-/m0/s1. The lowest BCUT2D eigenvalue weighted by atomic mass is 10.1. The van der Waals surface area contributed by atoms with E-state index in [1.807, 2.05) is 25.3 Å². The van der Waals surface area contributed by atoms with E-state index < -0.39 is 12.6 Å². The van der Waals surface area contributed by atoms with Gasteiger partial charge >= 0.3 is 12.6 Å². The van der Waals surface area contributed by atoms with E-state index in [-0.39, 0.29) is 24.2 Å². The number of Topliss-reactive ketones (excluding diaryl/α,β-unsaturated/α-hetero) is 1. The maximum Gasteiger partial charge on any atom is 0.387 e. The summed E-state index contributed by atoms with van der Waals surface area (Å²) in [4.78, 5) is 24.4. The quantitative estimate of drug-likeness (QED) is 0.324. The first-order valence-corrected chi connectivity index (χ1v) is 9.33. The molecular weight excluding hydrogens is 396 g/mol. The predicted octanol–water partition coefficient (Wildman–Crippen LogP) is 4.35. The molecule has 0 saturated carbocycles. The van der Waals surface area contributed by atoms with Gasteiger partial charge < -0.3 is 18.8 Å². The molecule has 1 aromatic heterocycles. The van der Waals surface area contributed by atoms with E-state index in [0.717, 1.165) is 11.4 Å². The summed E-state index contributed by atoms with van der Waals surface area (Å²) in [6.45, 7) is 2.98. The number of ether oxygens (including phenoxy) is 3. The minimum Gasteiger partial charge on any atom is -0.454 e. The van der Waals surface area contributed by atoms with Crippen molar-refractivity contribution in [2.45, 2.75) is 33.4 Å². The Balaban J connectivity index is 1.94. The average molecular weight is 421 g/mol. The van der Waals surface area contributed by atoms with Crippen LogP contribution in [-0.2, 0) is 14.3 Å². The summed E-state index contributed by atoms with van der Waals surface area (Å²) in [7, 11) is 1.62. The van der Waals surface area contributed by atoms with E-state index >= 15 is 0 Å². The van der Waals surface area contributed by atoms with Gasteiger partial charge in [0.2, 0.25) is 5.78 Å². The SMILES string of the molecule is COC[C@H](C)n1c(C)cc(C(=O)COC(=O)/C=C/c2ccc(OC(F)F)cc2)c1C. The van der Waals surface area contributed by atoms with Gasteiger partial charge in [0.25, 0.3) is 0 Å². The van der Waals surface area contributed by atoms with Crippen LogP contribution in [0, 0.1) is 13.8 Å². The van der Waals surface area contributed by atoms with Crippen LogP contribution in [0.1, 0.15) is 40.3 Å². The molecule has 0 amide bonds. The number of aryl methyl sites for hydroxylation is 1. The van der Waals surface area contributed by atoms with Gasteiger partial charge in [0.15, 0.2) is 6.61 Å². The maximum absolute atomic E-state index is 12.5. The largest absolute Gasteiger partial charge is 0.454 e. The molecule has 0 bridgehead atoms. The number of halogens is 2. The summed E-state index contributed by atoms with van der Waals surface area (Å²) < 4.78 is 40.8. The second-order valence-electron chi connectivity index (χ2n) is 6.77. The highest BCUT2D eigenvalue weighted by Gasteiger charge is 2.19. The Morgan fingerprint density at radius 3 is 2.43 bits per heavy atom. The number of carbonyl (C=O) groups excluding carboxylic acids is 2. The zero-order valence-electron chi connectivity index (χ0n) is 17.4. The van der Waals surface area contributed by atoms with E-state index in [4.69, 9.17) is 9.47 Å². The molecule has 2 aromatic rings. The van der Waals surface area contributed by atoms with E-state index in [1.165, 1.54) is 36.4 Å². The molecule has 0 fully saturated rings. The summed E-state index contributed by atoms with van der Waals surface area (Å²) in [5.74, 6) is -0.959. The van der Waals surface area contributed by atoms with Crippen LogP contribution in [0.25, 0.3) is 6.08 Å². The van der Waals surface area contributed by atoms with Gasteiger partial charge in [0, 0.05) is 30.1 Å². The van der Waals surface area contributed by atoms with Gasteiger partial charge in [0.1, 0.15) is 5.75 Å². The Labute approximate surface area is 174 Å². The molecule has 1 atom stereocenters. The fourth-order valence-electron chi connectivity index (χ4n) is 3.24. The normalized spacial score (nSPS) is 12.4. The lowest BCUT2D eigenvalue weighted by Gasteiger charge is -2.17. The molecule has 0 aliphatic rings. The lowest BCUT2D eigenvalue weighted by Crippen LogP contribution is -2.16. The zero-order chi connectivity index (χ0) is 22.3. The highest BCUT2D eigenvalue weighted by molar-refractivity contribution is 6.00. The zero-order valence-corrected chi connectivity index (χ0v) is 17.4. The van der Waals surface area contributed by atoms with Crippen molar-refractivity contribution in [1.82, 2.24) is 4.57 Å². The predicted molar refractivity (Wildman–Crippen MR) is 108 cm³/mol. The number of nitrogens with zero attached hydrogens (tertiary/aromatic N) is 1. The lowest BCUT2D eigenvalue weighted by molar-refractivity contribution is -0.136. The van der Waals surface area contributed by atoms with Gasteiger partial charge in [-0.3, -0.25) is 4.79 Å². The summed E-state index contributed by atoms with van der Waals surface area (Å²) in [5.41, 5.74) is 2.81. The average Bonchev–Trinajstić information content (AvgIpc) is 2.99. The van der Waals surface area contributed by atoms with E-state index in [9.17, 15) is 18.4 Å². The molecule has 6 nitrogen and oxygen atoms in total. The first-order chi connectivity index (χ1) is 14.2. The van der Waals surface area contributed by atoms with E-state index in [2.05, 4.69) is 4.74 Å². The second-order valence-corrected chi connectivity index (χ2v) is 6.77. The molecule has 2 rings (SSSR count). The topological polar surface area (TPSA) is 66.8 Å². The maximum atomic E-state index is 12.5. The number of benzene rings is 1. The van der Waals surface area contributed by atoms with Crippen molar-refractivity contribution in [3.05, 3.63) is 58.9 Å². The van der Waals surface area contributed by atoms with Crippen molar-refractivity contribution in [2.24, 2.45) is 0 Å². The first kappa shape index (κ1) is 23.3. The third-order valence-corrected chi connectivity index (χ3v) is 4.50. The number of esters is 1. The minimum absolute atomic E-state index is 0.0211. The Bertz CT molecular complexity index is 903. The molecule has 0 N–H and O–H groups in total. The fraction of sp³-hybridized carbons (Fsp3) is 0.364. The van der Waals surface area contributed by atoms with Crippen LogP contribution < -0.4 is 4.74 Å². The molecule has 0 radical (unpaired) electrons. The van der Waals surface area contributed by atoms with Gasteiger partial charge in [-0.15, -0.1) is 0 Å². The highest BCUT2D eigenvalue weighted by Crippen LogP contribution is 2.21. The van der Waals surface area contributed by atoms with Crippen LogP contribution in [0.2, 0.25) is 0 Å². The van der Waals surface area contributed by atoms with Crippen molar-refractivity contribution in [1.29, 1.82) is 0 Å². The monoisotopic (exact) mass is 421 g/mol. The van der Waals surface area contributed by atoms with Crippen LogP contribution >= 0.6 is 0 Å². The first-order valence-electron chi connectivity index (χ1n) is 9.33. The van der Waals surface area contributed by atoms with Crippen molar-refractivity contribution in [3.8, 4) is 5.75 Å². The molecule has 0 spiro atoms. The molecule has 162 valence electrons. The smallest absolute Gasteiger partial charge is 0.387 e. The molecule has 0 unspecified atom stereocenters.